The first-order chi connectivity index (χ1) is 13.9. The largest absolute Gasteiger partial charge is 0.510 e. The van der Waals surface area contributed by atoms with Gasteiger partial charge in [0.05, 0.1) is 17.0 Å². The molecule has 0 aliphatic heterocycles. The fourth-order valence-electron chi connectivity index (χ4n) is 4.65. The van der Waals surface area contributed by atoms with E-state index in [1.165, 1.54) is 0 Å². The van der Waals surface area contributed by atoms with Crippen molar-refractivity contribution in [1.29, 1.82) is 0 Å². The quantitative estimate of drug-likeness (QED) is 0.282. The van der Waals surface area contributed by atoms with Gasteiger partial charge in [-0.05, 0) is 42.3 Å². The van der Waals surface area contributed by atoms with Crippen LogP contribution in [0.15, 0.2) is 23.5 Å². The molecule has 0 bridgehead atoms. The van der Waals surface area contributed by atoms with Gasteiger partial charge in [-0.25, -0.2) is 0 Å². The molecule has 0 unspecified atom stereocenters. The van der Waals surface area contributed by atoms with Gasteiger partial charge in [0, 0.05) is 5.92 Å². The number of phenolic OH excluding ortho intramolecular Hbond substituents is 2. The van der Waals surface area contributed by atoms with Gasteiger partial charge in [0.1, 0.15) is 22.8 Å². The van der Waals surface area contributed by atoms with E-state index in [2.05, 4.69) is 0 Å². The minimum atomic E-state index is -2.79. The summed E-state index contributed by atoms with van der Waals surface area (Å²) in [7, 11) is 0. The van der Waals surface area contributed by atoms with E-state index in [1.54, 1.807) is 26.0 Å². The van der Waals surface area contributed by atoms with Crippen LogP contribution in [0.2, 0.25) is 0 Å². The van der Waals surface area contributed by atoms with Crippen LogP contribution in [0.4, 0.5) is 0 Å². The topological polar surface area (TPSA) is 184 Å². The van der Waals surface area contributed by atoms with Crippen LogP contribution in [0, 0.1) is 19.8 Å². The second-order valence-electron chi connectivity index (χ2n) is 7.87. The molecule has 0 radical (unpaired) electrons. The SMILES string of the molecule is Cc1ccc2c(C)c3c(c(O)c2c1O)C(=O)[C@@]1(O)C(=O)C(C(N)=O)=C(O)[C@@H](N)[C@H]1C3. The number of carbonyl (C=O) groups is 3. The maximum atomic E-state index is 13.4. The number of amides is 1. The molecule has 156 valence electrons. The van der Waals surface area contributed by atoms with Crippen LogP contribution >= 0.6 is 0 Å². The fourth-order valence-corrected chi connectivity index (χ4v) is 4.65. The van der Waals surface area contributed by atoms with Crippen molar-refractivity contribution in [3.63, 3.8) is 0 Å². The van der Waals surface area contributed by atoms with E-state index in [9.17, 15) is 34.8 Å². The average Bonchev–Trinajstić information content (AvgIpc) is 2.68. The van der Waals surface area contributed by atoms with Gasteiger partial charge in [0.15, 0.2) is 5.60 Å². The third-order valence-electron chi connectivity index (χ3n) is 6.37. The van der Waals surface area contributed by atoms with Crippen LogP contribution in [0.1, 0.15) is 27.0 Å². The number of aliphatic hydroxyl groups excluding tert-OH is 1. The standard InChI is InChI=1S/C21H20N2O7/c1-6-3-4-8-7(2)9-5-10-14(22)17(26)13(20(23)29)19(28)21(10,30)18(27)12(9)16(25)11(8)15(6)24/h3-4,10,14,24-26,30H,5,22H2,1-2H3,(H2,23,29)/t10-,14+,21-/m1/s1. The summed E-state index contributed by atoms with van der Waals surface area (Å²) >= 11 is 0. The van der Waals surface area contributed by atoms with E-state index < -0.39 is 52.1 Å². The molecule has 9 heteroatoms. The molecule has 0 spiro atoms. The summed E-state index contributed by atoms with van der Waals surface area (Å²) in [6, 6.07) is 1.93. The molecule has 2 aliphatic rings. The molecule has 0 aromatic heterocycles. The molecule has 0 saturated heterocycles. The van der Waals surface area contributed by atoms with Gasteiger partial charge in [-0.2, -0.15) is 0 Å². The highest BCUT2D eigenvalue weighted by molar-refractivity contribution is 6.33. The van der Waals surface area contributed by atoms with Crippen molar-refractivity contribution in [2.75, 3.05) is 0 Å². The van der Waals surface area contributed by atoms with E-state index >= 15 is 0 Å². The Kier molecular flexibility index (Phi) is 4.00. The Balaban J connectivity index is 2.07. The number of Topliss-reactive ketones (excluding diaryl/α,β-unsaturated/α-hetero) is 2. The van der Waals surface area contributed by atoms with Crippen molar-refractivity contribution in [2.24, 2.45) is 17.4 Å². The molecule has 4 rings (SSSR count). The lowest BCUT2D eigenvalue weighted by Gasteiger charge is -2.44. The van der Waals surface area contributed by atoms with Crippen LogP contribution < -0.4 is 11.5 Å². The van der Waals surface area contributed by atoms with Crippen molar-refractivity contribution in [3.05, 3.63) is 45.7 Å². The van der Waals surface area contributed by atoms with Gasteiger partial charge in [-0.3, -0.25) is 14.4 Å². The molecular formula is C21H20N2O7. The van der Waals surface area contributed by atoms with Crippen molar-refractivity contribution >= 4 is 28.2 Å². The number of aromatic hydroxyl groups is 2. The number of rotatable bonds is 1. The number of carbonyl (C=O) groups excluding carboxylic acids is 3. The molecule has 9 nitrogen and oxygen atoms in total. The number of aryl methyl sites for hydroxylation is 2. The van der Waals surface area contributed by atoms with E-state index in [1.807, 2.05) is 0 Å². The van der Waals surface area contributed by atoms with Crippen LogP contribution in [-0.2, 0) is 16.0 Å². The molecule has 1 amide bonds. The average molecular weight is 412 g/mol. The van der Waals surface area contributed by atoms with Gasteiger partial charge in [-0.1, -0.05) is 12.1 Å². The van der Waals surface area contributed by atoms with Crippen molar-refractivity contribution in [3.8, 4) is 11.5 Å². The number of fused-ring (bicyclic) bond motifs is 3. The minimum absolute atomic E-state index is 0.0164. The van der Waals surface area contributed by atoms with Crippen molar-refractivity contribution in [2.45, 2.75) is 31.9 Å². The predicted octanol–water partition coefficient (Wildman–Crippen LogP) is 0.161. The summed E-state index contributed by atoms with van der Waals surface area (Å²) < 4.78 is 0. The summed E-state index contributed by atoms with van der Waals surface area (Å²) in [4.78, 5) is 38.0. The first-order valence-corrected chi connectivity index (χ1v) is 9.21. The lowest BCUT2D eigenvalue weighted by Crippen LogP contribution is -2.65. The highest BCUT2D eigenvalue weighted by atomic mass is 16.3. The van der Waals surface area contributed by atoms with Crippen LogP contribution in [0.3, 0.4) is 0 Å². The van der Waals surface area contributed by atoms with Gasteiger partial charge < -0.3 is 31.9 Å². The molecule has 0 saturated carbocycles. The molecule has 2 aromatic carbocycles. The predicted molar refractivity (Wildman–Crippen MR) is 105 cm³/mol. The van der Waals surface area contributed by atoms with Crippen LogP contribution in [-0.4, -0.2) is 49.5 Å². The Morgan fingerprint density at radius 1 is 1.10 bits per heavy atom. The summed E-state index contributed by atoms with van der Waals surface area (Å²) in [5.74, 6) is -6.73. The van der Waals surface area contributed by atoms with Gasteiger partial charge in [0.25, 0.3) is 5.91 Å². The number of nitrogens with two attached hydrogens (primary N) is 2. The number of hydrogen-bond acceptors (Lipinski definition) is 8. The van der Waals surface area contributed by atoms with Crippen LogP contribution in [0.25, 0.3) is 10.8 Å². The van der Waals surface area contributed by atoms with Gasteiger partial charge in [0.2, 0.25) is 11.6 Å². The van der Waals surface area contributed by atoms with E-state index in [0.717, 1.165) is 0 Å². The number of benzene rings is 2. The minimum Gasteiger partial charge on any atom is -0.510 e. The Bertz CT molecular complexity index is 1230. The normalized spacial score (nSPS) is 26.0. The zero-order valence-electron chi connectivity index (χ0n) is 16.2. The number of aliphatic hydroxyl groups is 2. The summed E-state index contributed by atoms with van der Waals surface area (Å²) in [6.07, 6.45) is -0.134. The lowest BCUT2D eigenvalue weighted by atomic mass is 9.61. The molecule has 0 fully saturated rings. The summed E-state index contributed by atoms with van der Waals surface area (Å²) in [5, 5.41) is 43.3. The maximum absolute atomic E-state index is 13.4. The highest BCUT2D eigenvalue weighted by Gasteiger charge is 2.62. The second kappa shape index (κ2) is 6.04. The van der Waals surface area contributed by atoms with E-state index in [4.69, 9.17) is 11.5 Å². The Hall–Kier alpha value is -3.43. The first kappa shape index (κ1) is 19.9. The second-order valence-corrected chi connectivity index (χ2v) is 7.87. The molecule has 2 aromatic rings. The smallest absolute Gasteiger partial charge is 0.255 e. The first-order valence-electron chi connectivity index (χ1n) is 9.21. The van der Waals surface area contributed by atoms with Gasteiger partial charge in [-0.15, -0.1) is 0 Å². The van der Waals surface area contributed by atoms with Gasteiger partial charge >= 0.3 is 0 Å². The highest BCUT2D eigenvalue weighted by Crippen LogP contribution is 2.49. The van der Waals surface area contributed by atoms with E-state index in [-0.39, 0.29) is 23.1 Å². The lowest BCUT2D eigenvalue weighted by molar-refractivity contribution is -0.138. The molecule has 3 atom stereocenters. The Morgan fingerprint density at radius 2 is 1.73 bits per heavy atom. The monoisotopic (exact) mass is 412 g/mol. The molecular weight excluding hydrogens is 392 g/mol. The Labute approximate surface area is 170 Å². The van der Waals surface area contributed by atoms with E-state index in [0.29, 0.717) is 22.1 Å². The Morgan fingerprint density at radius 3 is 2.33 bits per heavy atom. The van der Waals surface area contributed by atoms with Crippen molar-refractivity contribution in [1.82, 2.24) is 0 Å². The molecule has 30 heavy (non-hydrogen) atoms. The molecule has 8 N–H and O–H groups in total. The van der Waals surface area contributed by atoms with Crippen LogP contribution in [0.5, 0.6) is 11.5 Å². The maximum Gasteiger partial charge on any atom is 0.255 e. The molecule has 2 aliphatic carbocycles. The third-order valence-corrected chi connectivity index (χ3v) is 6.37. The molecule has 0 heterocycles. The zero-order valence-corrected chi connectivity index (χ0v) is 16.2. The number of hydrogen-bond donors (Lipinski definition) is 6. The number of primary amides is 1. The summed E-state index contributed by atoms with van der Waals surface area (Å²) in [6.45, 7) is 3.29. The zero-order chi connectivity index (χ0) is 22.3. The van der Waals surface area contributed by atoms with Crippen molar-refractivity contribution < 1.29 is 34.8 Å². The summed E-state index contributed by atoms with van der Waals surface area (Å²) in [5.41, 5.74) is 8.43. The number of phenols is 2. The number of ketones is 2. The third kappa shape index (κ3) is 2.16. The fraction of sp³-hybridized carbons (Fsp3) is 0.286.